The molecule has 3 aliphatic rings. The Labute approximate surface area is 311 Å². The number of hydrogen-bond donors (Lipinski definition) is 4. The van der Waals surface area contributed by atoms with Crippen molar-refractivity contribution in [3.05, 3.63) is 31.2 Å². The quantitative estimate of drug-likeness (QED) is 0.0650. The number of imidazole rings is 2. The van der Waals surface area contributed by atoms with E-state index in [1.54, 1.807) is 6.07 Å². The summed E-state index contributed by atoms with van der Waals surface area (Å²) in [7, 11) is -2.87. The summed E-state index contributed by atoms with van der Waals surface area (Å²) in [6.07, 6.45) is -5.02. The van der Waals surface area contributed by atoms with Gasteiger partial charge in [-0.05, 0) is 12.6 Å². The SMILES string of the molecule is Nc1ncnc2c1ncn2C1O[C@@H]2CO[P+](=O)O[C@@H]3[C@H](O)C(CP([O-])(=S)O[C@H]2[C@H]1O)O[C@H]3n1cnc2c(N)ccnc21.[Na+].[Na+].[SH-]. The van der Waals surface area contributed by atoms with E-state index in [2.05, 4.69) is 24.9 Å². The number of aromatic nitrogens is 7. The van der Waals surface area contributed by atoms with Crippen LogP contribution in [0.25, 0.3) is 22.3 Å². The fourth-order valence-electron chi connectivity index (χ4n) is 5.33. The smallest absolute Gasteiger partial charge is 0.813 e. The molecule has 230 valence electrons. The number of aliphatic hydroxyl groups excluding tert-OH is 2. The van der Waals surface area contributed by atoms with Gasteiger partial charge in [0.05, 0.1) is 24.4 Å². The van der Waals surface area contributed by atoms with E-state index in [0.717, 1.165) is 0 Å². The average molecular weight is 719 g/mol. The summed E-state index contributed by atoms with van der Waals surface area (Å²) in [4.78, 5) is 34.4. The molecule has 18 nitrogen and oxygen atoms in total. The van der Waals surface area contributed by atoms with E-state index in [0.29, 0.717) is 16.9 Å². The largest absolute Gasteiger partial charge is 1.00 e. The van der Waals surface area contributed by atoms with Crippen LogP contribution in [0, 0.1) is 0 Å². The van der Waals surface area contributed by atoms with Crippen LogP contribution in [0.15, 0.2) is 31.2 Å². The van der Waals surface area contributed by atoms with Crippen molar-refractivity contribution in [3.63, 3.8) is 0 Å². The monoisotopic (exact) mass is 718 g/mol. The van der Waals surface area contributed by atoms with Gasteiger partial charge in [-0.25, -0.2) is 24.9 Å². The van der Waals surface area contributed by atoms with Crippen LogP contribution >= 0.6 is 14.7 Å². The third-order valence-electron chi connectivity index (χ3n) is 7.29. The maximum absolute atomic E-state index is 13.6. The van der Waals surface area contributed by atoms with E-state index in [-0.39, 0.29) is 89.6 Å². The summed E-state index contributed by atoms with van der Waals surface area (Å²) >= 11 is 5.34. The molecule has 4 aromatic rings. The Bertz CT molecular complexity index is 1760. The van der Waals surface area contributed by atoms with Crippen LogP contribution < -0.4 is 75.5 Å². The molecule has 10 atom stereocenters. The standard InChI is InChI=1S/C21H23N9O9P2S.2Na.H2S/c22-8-1-2-24-18-11(8)27-6-30(18)21-16-13(31)10(37-21)4-41(34,42)39-15-9(3-35-40(33)38-16)36-20(14(15)32)29-7-28-12-17(23)25-5-26-19(12)29;;;/h1-2,5-7,9-10,13-16,20-21,31-32H,3-4H2,(H4-,22,23,24,25,26,34,42);;;1H2/q;2*+1;/p-1/t9-,10?,13-,14-,15-,16-,20?,21-,41?;;;/m1.../s1. The third kappa shape index (κ3) is 6.88. The molecule has 0 aliphatic carbocycles. The summed E-state index contributed by atoms with van der Waals surface area (Å²) < 4.78 is 44.8. The molecule has 4 aromatic heterocycles. The number of rotatable bonds is 2. The summed E-state index contributed by atoms with van der Waals surface area (Å²) in [5, 5.41) is 22.4. The Kier molecular flexibility index (Phi) is 12.1. The zero-order chi connectivity index (χ0) is 29.3. The molecule has 4 unspecified atom stereocenters. The van der Waals surface area contributed by atoms with E-state index in [1.165, 1.54) is 34.3 Å². The van der Waals surface area contributed by atoms with Crippen LogP contribution in [-0.2, 0) is 52.9 Å². The van der Waals surface area contributed by atoms with Crippen LogP contribution in [0.5, 0.6) is 0 Å². The van der Waals surface area contributed by atoms with Crippen molar-refractivity contribution < 1.29 is 102 Å². The van der Waals surface area contributed by atoms with Crippen LogP contribution in [0.1, 0.15) is 12.5 Å². The zero-order valence-corrected chi connectivity index (χ0v) is 31.2. The first-order chi connectivity index (χ1) is 20.1. The second-order valence-electron chi connectivity index (χ2n) is 9.87. The van der Waals surface area contributed by atoms with E-state index in [1.807, 2.05) is 0 Å². The molecule has 0 spiro atoms. The maximum Gasteiger partial charge on any atom is 1.00 e. The fourth-order valence-corrected chi connectivity index (χ4v) is 8.29. The molecule has 7 heterocycles. The van der Waals surface area contributed by atoms with Gasteiger partial charge < -0.3 is 54.1 Å². The van der Waals surface area contributed by atoms with E-state index < -0.39 is 76.6 Å². The first-order valence-electron chi connectivity index (χ1n) is 12.5. The molecule has 7 rings (SSSR count). The number of thiol groups is 1. The minimum absolute atomic E-state index is 0. The maximum atomic E-state index is 13.6. The minimum Gasteiger partial charge on any atom is -0.813 e. The predicted octanol–water partition coefficient (Wildman–Crippen LogP) is -7.18. The second kappa shape index (κ2) is 14.6. The fraction of sp³-hybridized carbons (Fsp3) is 0.476. The normalized spacial score (nSPS) is 34.2. The summed E-state index contributed by atoms with van der Waals surface area (Å²) in [6, 6.07) is 1.57. The number of nitrogens with two attached hydrogens (primary N) is 2. The molecule has 0 aromatic carbocycles. The summed E-state index contributed by atoms with van der Waals surface area (Å²) in [6.45, 7) is -4.44. The van der Waals surface area contributed by atoms with Crippen LogP contribution in [0.3, 0.4) is 0 Å². The Morgan fingerprint density at radius 1 is 0.956 bits per heavy atom. The molecule has 6 N–H and O–H groups in total. The summed E-state index contributed by atoms with van der Waals surface area (Å²) in [5.74, 6) is 0.122. The molecule has 3 aliphatic heterocycles. The molecule has 3 saturated heterocycles. The Morgan fingerprint density at radius 2 is 1.62 bits per heavy atom. The van der Waals surface area contributed by atoms with Gasteiger partial charge in [-0.3, -0.25) is 9.13 Å². The Balaban J connectivity index is 0.00000154. The number of nitrogens with zero attached hydrogens (tertiary/aromatic N) is 7. The Morgan fingerprint density at radius 3 is 2.38 bits per heavy atom. The predicted molar refractivity (Wildman–Crippen MR) is 153 cm³/mol. The molecule has 45 heavy (non-hydrogen) atoms. The third-order valence-corrected chi connectivity index (χ3v) is 10.1. The molecule has 0 saturated carbocycles. The van der Waals surface area contributed by atoms with Crippen LogP contribution in [0.2, 0.25) is 0 Å². The molecule has 0 amide bonds. The second-order valence-corrected chi connectivity index (χ2v) is 14.3. The zero-order valence-electron chi connectivity index (χ0n) is 23.7. The van der Waals surface area contributed by atoms with E-state index >= 15 is 0 Å². The van der Waals surface area contributed by atoms with Crippen LogP contribution in [-0.4, -0.2) is 93.7 Å². The molecule has 3 fully saturated rings. The van der Waals surface area contributed by atoms with Gasteiger partial charge in [-0.15, -0.1) is 9.05 Å². The number of pyridine rings is 1. The van der Waals surface area contributed by atoms with Crippen molar-refractivity contribution >= 4 is 73.9 Å². The summed E-state index contributed by atoms with van der Waals surface area (Å²) in [5.41, 5.74) is 13.5. The number of aliphatic hydroxyl groups is 2. The van der Waals surface area contributed by atoms with Gasteiger partial charge in [0.2, 0.25) is 0 Å². The number of ether oxygens (including phenoxy) is 2. The molecule has 2 bridgehead atoms. The first-order valence-corrected chi connectivity index (χ1v) is 16.5. The first kappa shape index (κ1) is 37.4. The van der Waals surface area contributed by atoms with Crippen molar-refractivity contribution in [1.29, 1.82) is 0 Å². The number of fused-ring (bicyclic) bond motifs is 5. The number of nitrogen functional groups attached to an aromatic ring is 2. The molecule has 24 heteroatoms. The van der Waals surface area contributed by atoms with Crippen molar-refractivity contribution in [2.45, 2.75) is 49.1 Å². The van der Waals surface area contributed by atoms with Gasteiger partial charge in [-0.1, -0.05) is 11.8 Å². The van der Waals surface area contributed by atoms with Crippen molar-refractivity contribution in [1.82, 2.24) is 34.1 Å². The average Bonchev–Trinajstić information content (AvgIpc) is 3.70. The van der Waals surface area contributed by atoms with Gasteiger partial charge in [0.15, 0.2) is 35.7 Å². The van der Waals surface area contributed by atoms with Crippen molar-refractivity contribution in [2.75, 3.05) is 24.2 Å². The Hall–Kier alpha value is -0.450. The molecule has 0 radical (unpaired) electrons. The van der Waals surface area contributed by atoms with Gasteiger partial charge in [0, 0.05) is 16.9 Å². The van der Waals surface area contributed by atoms with E-state index in [9.17, 15) is 19.7 Å². The molecular formula is C21H24N9Na2O9P2S2+. The van der Waals surface area contributed by atoms with Crippen molar-refractivity contribution in [3.8, 4) is 0 Å². The topological polar surface area (TPSA) is 253 Å². The number of hydrogen-bond acceptors (Lipinski definition) is 18. The van der Waals surface area contributed by atoms with Gasteiger partial charge >= 0.3 is 67.4 Å². The van der Waals surface area contributed by atoms with E-state index in [4.69, 9.17) is 46.3 Å². The molecular weight excluding hydrogens is 694 g/mol. The minimum atomic E-state index is -4.02. The van der Waals surface area contributed by atoms with Gasteiger partial charge in [-0.2, -0.15) is 0 Å². The van der Waals surface area contributed by atoms with Crippen LogP contribution in [0.4, 0.5) is 11.5 Å². The van der Waals surface area contributed by atoms with Gasteiger partial charge in [0.1, 0.15) is 48.4 Å². The van der Waals surface area contributed by atoms with Gasteiger partial charge in [0.25, 0.3) is 0 Å². The van der Waals surface area contributed by atoms with Crippen molar-refractivity contribution in [2.24, 2.45) is 0 Å². The number of anilines is 2.